The van der Waals surface area contributed by atoms with Crippen LogP contribution in [0.4, 0.5) is 0 Å². The number of nitrogens with one attached hydrogen (secondary N) is 1. The quantitative estimate of drug-likeness (QED) is 0.472. The number of hydrogen-bond acceptors (Lipinski definition) is 5. The summed E-state index contributed by atoms with van der Waals surface area (Å²) in [5, 5.41) is 1.99. The van der Waals surface area contributed by atoms with Crippen LogP contribution in [0.2, 0.25) is 0 Å². The lowest BCUT2D eigenvalue weighted by Gasteiger charge is -2.13. The van der Waals surface area contributed by atoms with E-state index in [1.54, 1.807) is 11.3 Å². The number of rotatable bonds is 5. The minimum Gasteiger partial charge on any atom is -0.271 e. The van der Waals surface area contributed by atoms with Crippen molar-refractivity contribution in [1.29, 1.82) is 0 Å². The van der Waals surface area contributed by atoms with Crippen LogP contribution in [0.5, 0.6) is 0 Å². The lowest BCUT2D eigenvalue weighted by Crippen LogP contribution is -2.29. The summed E-state index contributed by atoms with van der Waals surface area (Å²) in [6.07, 6.45) is 1.74. The lowest BCUT2D eigenvalue weighted by molar-refractivity contribution is 0.532. The van der Waals surface area contributed by atoms with Crippen LogP contribution in [0.3, 0.4) is 0 Å². The fourth-order valence-corrected chi connectivity index (χ4v) is 3.27. The van der Waals surface area contributed by atoms with Gasteiger partial charge in [-0.05, 0) is 46.0 Å². The highest BCUT2D eigenvalue weighted by Gasteiger charge is 2.14. The SMILES string of the molecule is CS(=O)(=O)CCC(NN)c1csc(I)c1. The Morgan fingerprint density at radius 3 is 2.73 bits per heavy atom. The number of thiophene rings is 1. The largest absolute Gasteiger partial charge is 0.271 e. The van der Waals surface area contributed by atoms with Crippen LogP contribution < -0.4 is 11.3 Å². The zero-order chi connectivity index (χ0) is 11.5. The molecular weight excluding hydrogens is 347 g/mol. The Morgan fingerprint density at radius 1 is 1.67 bits per heavy atom. The molecule has 7 heteroatoms. The fourth-order valence-electron chi connectivity index (χ4n) is 1.18. The molecule has 1 aromatic rings. The molecule has 0 fully saturated rings. The Balaban J connectivity index is 2.65. The average molecular weight is 360 g/mol. The Labute approximate surface area is 107 Å². The number of sulfone groups is 1. The van der Waals surface area contributed by atoms with Gasteiger partial charge in [0.1, 0.15) is 9.84 Å². The molecular formula is C8H13IN2O2S2. The summed E-state index contributed by atoms with van der Waals surface area (Å²) in [5.41, 5.74) is 3.69. The molecule has 1 aromatic heterocycles. The van der Waals surface area contributed by atoms with E-state index in [9.17, 15) is 8.42 Å². The highest BCUT2D eigenvalue weighted by Crippen LogP contribution is 2.24. The second-order valence-corrected chi connectivity index (χ2v) is 8.39. The molecule has 1 unspecified atom stereocenters. The molecule has 0 saturated heterocycles. The molecule has 0 aromatic carbocycles. The van der Waals surface area contributed by atoms with E-state index in [0.717, 1.165) is 5.56 Å². The van der Waals surface area contributed by atoms with Gasteiger partial charge >= 0.3 is 0 Å². The maximum atomic E-state index is 11.0. The van der Waals surface area contributed by atoms with Crippen LogP contribution >= 0.6 is 33.9 Å². The molecule has 0 bridgehead atoms. The standard InChI is InChI=1S/C8H13IN2O2S2/c1-15(12,13)3-2-7(11-10)6-4-8(9)14-5-6/h4-5,7,11H,2-3,10H2,1H3. The smallest absolute Gasteiger partial charge is 0.147 e. The van der Waals surface area contributed by atoms with E-state index in [1.807, 2.05) is 11.4 Å². The molecule has 0 aliphatic rings. The van der Waals surface area contributed by atoms with E-state index in [4.69, 9.17) is 5.84 Å². The monoisotopic (exact) mass is 360 g/mol. The van der Waals surface area contributed by atoms with Gasteiger partial charge in [-0.25, -0.2) is 8.42 Å². The van der Waals surface area contributed by atoms with Gasteiger partial charge in [0, 0.05) is 12.3 Å². The summed E-state index contributed by atoms with van der Waals surface area (Å²) in [5.74, 6) is 5.55. The number of hydrogen-bond donors (Lipinski definition) is 2. The van der Waals surface area contributed by atoms with Crippen molar-refractivity contribution in [1.82, 2.24) is 5.43 Å². The van der Waals surface area contributed by atoms with Crippen molar-refractivity contribution in [2.24, 2.45) is 5.84 Å². The van der Waals surface area contributed by atoms with E-state index in [0.29, 0.717) is 6.42 Å². The van der Waals surface area contributed by atoms with Gasteiger partial charge in [-0.1, -0.05) is 0 Å². The molecule has 15 heavy (non-hydrogen) atoms. The Bertz CT molecular complexity index is 416. The van der Waals surface area contributed by atoms with E-state index < -0.39 is 9.84 Å². The first-order chi connectivity index (χ1) is 6.92. The summed E-state index contributed by atoms with van der Waals surface area (Å²) >= 11 is 3.85. The highest BCUT2D eigenvalue weighted by atomic mass is 127. The fraction of sp³-hybridized carbons (Fsp3) is 0.500. The van der Waals surface area contributed by atoms with E-state index >= 15 is 0 Å². The lowest BCUT2D eigenvalue weighted by atomic mass is 10.1. The van der Waals surface area contributed by atoms with Crippen LogP contribution in [-0.4, -0.2) is 20.4 Å². The van der Waals surface area contributed by atoms with E-state index in [1.165, 1.54) is 9.14 Å². The molecule has 0 aliphatic carbocycles. The maximum Gasteiger partial charge on any atom is 0.147 e. The molecule has 0 spiro atoms. The minimum atomic E-state index is -2.92. The molecule has 1 rings (SSSR count). The second kappa shape index (κ2) is 5.58. The molecule has 1 atom stereocenters. The average Bonchev–Trinajstić information content (AvgIpc) is 2.51. The Hall–Kier alpha value is 0.300. The van der Waals surface area contributed by atoms with Crippen molar-refractivity contribution in [3.63, 3.8) is 0 Å². The molecule has 0 amide bonds. The van der Waals surface area contributed by atoms with Gasteiger partial charge in [0.15, 0.2) is 0 Å². The van der Waals surface area contributed by atoms with Gasteiger partial charge in [-0.2, -0.15) is 0 Å². The molecule has 0 aliphatic heterocycles. The summed E-state index contributed by atoms with van der Waals surface area (Å²) < 4.78 is 23.2. The normalized spacial score (nSPS) is 14.1. The molecule has 3 N–H and O–H groups in total. The highest BCUT2D eigenvalue weighted by molar-refractivity contribution is 14.1. The van der Waals surface area contributed by atoms with Crippen LogP contribution in [0.25, 0.3) is 0 Å². The minimum absolute atomic E-state index is 0.0838. The summed E-state index contributed by atoms with van der Waals surface area (Å²) in [7, 11) is -2.92. The van der Waals surface area contributed by atoms with Crippen LogP contribution in [0, 0.1) is 2.88 Å². The van der Waals surface area contributed by atoms with Crippen molar-refractivity contribution >= 4 is 43.8 Å². The van der Waals surface area contributed by atoms with Crippen molar-refractivity contribution in [3.8, 4) is 0 Å². The van der Waals surface area contributed by atoms with Crippen LogP contribution in [0.15, 0.2) is 11.4 Å². The van der Waals surface area contributed by atoms with Crippen molar-refractivity contribution < 1.29 is 8.42 Å². The summed E-state index contributed by atoms with van der Waals surface area (Å²) in [6, 6.07) is 1.93. The molecule has 1 heterocycles. The molecule has 0 radical (unpaired) electrons. The van der Waals surface area contributed by atoms with Crippen molar-refractivity contribution in [2.75, 3.05) is 12.0 Å². The van der Waals surface area contributed by atoms with Crippen molar-refractivity contribution in [2.45, 2.75) is 12.5 Å². The molecule has 86 valence electrons. The van der Waals surface area contributed by atoms with Gasteiger partial charge in [0.2, 0.25) is 0 Å². The molecule has 4 nitrogen and oxygen atoms in total. The van der Waals surface area contributed by atoms with E-state index in [2.05, 4.69) is 28.0 Å². The predicted molar refractivity (Wildman–Crippen MR) is 71.4 cm³/mol. The van der Waals surface area contributed by atoms with Crippen molar-refractivity contribution in [3.05, 3.63) is 19.9 Å². The maximum absolute atomic E-state index is 11.0. The van der Waals surface area contributed by atoms with Gasteiger partial charge < -0.3 is 0 Å². The first-order valence-corrected chi connectivity index (χ1v) is 8.32. The van der Waals surface area contributed by atoms with Crippen LogP contribution in [-0.2, 0) is 9.84 Å². The number of hydrazine groups is 1. The van der Waals surface area contributed by atoms with E-state index in [-0.39, 0.29) is 11.8 Å². The van der Waals surface area contributed by atoms with Gasteiger partial charge in [-0.15, -0.1) is 11.3 Å². The third kappa shape index (κ3) is 4.77. The number of halogens is 1. The first kappa shape index (κ1) is 13.4. The topological polar surface area (TPSA) is 72.2 Å². The van der Waals surface area contributed by atoms with Crippen LogP contribution in [0.1, 0.15) is 18.0 Å². The number of nitrogens with two attached hydrogens (primary N) is 1. The third-order valence-corrected chi connectivity index (χ3v) is 4.75. The predicted octanol–water partition coefficient (Wildman–Crippen LogP) is 1.29. The molecule has 0 saturated carbocycles. The summed E-state index contributed by atoms with van der Waals surface area (Å²) in [6.45, 7) is 0. The Kier molecular flexibility index (Phi) is 4.97. The summed E-state index contributed by atoms with van der Waals surface area (Å²) in [4.78, 5) is 0. The zero-order valence-corrected chi connectivity index (χ0v) is 12.0. The van der Waals surface area contributed by atoms with Gasteiger partial charge in [-0.3, -0.25) is 11.3 Å². The Morgan fingerprint density at radius 2 is 2.33 bits per heavy atom. The zero-order valence-electron chi connectivity index (χ0n) is 8.23. The first-order valence-electron chi connectivity index (χ1n) is 4.30. The third-order valence-electron chi connectivity index (χ3n) is 1.97. The van der Waals surface area contributed by atoms with Gasteiger partial charge in [0.25, 0.3) is 0 Å². The van der Waals surface area contributed by atoms with Gasteiger partial charge in [0.05, 0.1) is 8.64 Å². The second-order valence-electron chi connectivity index (χ2n) is 3.32.